The van der Waals surface area contributed by atoms with Gasteiger partial charge in [0, 0.05) is 24.5 Å². The summed E-state index contributed by atoms with van der Waals surface area (Å²) in [5, 5.41) is 11.5. The SMILES string of the molecule is [O]C1CCN(C2CCCCC2Cl)CC1. The summed E-state index contributed by atoms with van der Waals surface area (Å²) in [5.74, 6) is 0. The molecule has 3 heteroatoms. The molecule has 1 saturated heterocycles. The summed E-state index contributed by atoms with van der Waals surface area (Å²) in [5.41, 5.74) is 0. The topological polar surface area (TPSA) is 23.1 Å². The lowest BCUT2D eigenvalue weighted by molar-refractivity contribution is 0.0103. The molecule has 2 aliphatic rings. The molecule has 1 saturated carbocycles. The minimum atomic E-state index is -0.316. The quantitative estimate of drug-likeness (QED) is 0.618. The molecular weight excluding hydrogens is 198 g/mol. The van der Waals surface area contributed by atoms with Crippen molar-refractivity contribution in [1.82, 2.24) is 4.90 Å². The van der Waals surface area contributed by atoms with E-state index in [1.54, 1.807) is 0 Å². The number of nitrogens with zero attached hydrogens (tertiary/aromatic N) is 1. The number of piperidine rings is 1. The van der Waals surface area contributed by atoms with E-state index in [-0.39, 0.29) is 6.10 Å². The minimum absolute atomic E-state index is 0.316. The highest BCUT2D eigenvalue weighted by atomic mass is 35.5. The van der Waals surface area contributed by atoms with E-state index in [4.69, 9.17) is 11.6 Å². The Balaban J connectivity index is 1.87. The van der Waals surface area contributed by atoms with Gasteiger partial charge in [0.1, 0.15) is 0 Å². The molecule has 81 valence electrons. The zero-order valence-corrected chi connectivity index (χ0v) is 9.38. The Bertz CT molecular complexity index is 180. The molecule has 0 aromatic heterocycles. The van der Waals surface area contributed by atoms with E-state index in [0.717, 1.165) is 32.4 Å². The molecule has 0 bridgehead atoms. The van der Waals surface area contributed by atoms with E-state index in [1.807, 2.05) is 0 Å². The first-order chi connectivity index (χ1) is 6.77. The third-order valence-electron chi connectivity index (χ3n) is 3.59. The van der Waals surface area contributed by atoms with Crippen molar-refractivity contribution >= 4 is 11.6 Å². The van der Waals surface area contributed by atoms with Gasteiger partial charge in [0.15, 0.2) is 0 Å². The van der Waals surface area contributed by atoms with Crippen LogP contribution >= 0.6 is 11.6 Å². The number of rotatable bonds is 1. The van der Waals surface area contributed by atoms with Gasteiger partial charge in [-0.15, -0.1) is 11.6 Å². The van der Waals surface area contributed by atoms with Crippen LogP contribution in [0.15, 0.2) is 0 Å². The highest BCUT2D eigenvalue weighted by Gasteiger charge is 2.31. The lowest BCUT2D eigenvalue weighted by Gasteiger charge is -2.40. The van der Waals surface area contributed by atoms with Crippen LogP contribution in [0.1, 0.15) is 38.5 Å². The van der Waals surface area contributed by atoms with Gasteiger partial charge in [0.25, 0.3) is 0 Å². The van der Waals surface area contributed by atoms with Crippen molar-refractivity contribution in [2.75, 3.05) is 13.1 Å². The van der Waals surface area contributed by atoms with Crippen molar-refractivity contribution in [3.63, 3.8) is 0 Å². The molecule has 0 amide bonds. The first-order valence-corrected chi connectivity index (χ1v) is 6.25. The van der Waals surface area contributed by atoms with Gasteiger partial charge in [0.2, 0.25) is 0 Å². The average molecular weight is 217 g/mol. The summed E-state index contributed by atoms with van der Waals surface area (Å²) in [6.07, 6.45) is 6.30. The van der Waals surface area contributed by atoms with Gasteiger partial charge in [-0.05, 0) is 25.7 Å². The number of halogens is 1. The monoisotopic (exact) mass is 216 g/mol. The number of alkyl halides is 1. The van der Waals surface area contributed by atoms with Crippen molar-refractivity contribution in [2.45, 2.75) is 56.0 Å². The van der Waals surface area contributed by atoms with Crippen molar-refractivity contribution in [3.05, 3.63) is 0 Å². The third-order valence-corrected chi connectivity index (χ3v) is 4.10. The van der Waals surface area contributed by atoms with Gasteiger partial charge in [-0.3, -0.25) is 4.90 Å². The Hall–Kier alpha value is 0.210. The van der Waals surface area contributed by atoms with E-state index in [0.29, 0.717) is 11.4 Å². The zero-order valence-electron chi connectivity index (χ0n) is 8.62. The number of likely N-dealkylation sites (tertiary alicyclic amines) is 1. The second kappa shape index (κ2) is 4.82. The summed E-state index contributed by atoms with van der Waals surface area (Å²) in [6.45, 7) is 1.95. The summed E-state index contributed by atoms with van der Waals surface area (Å²) in [4.78, 5) is 2.45. The third kappa shape index (κ3) is 2.41. The van der Waals surface area contributed by atoms with Gasteiger partial charge in [-0.25, -0.2) is 5.11 Å². The molecule has 2 rings (SSSR count). The van der Waals surface area contributed by atoms with Crippen molar-refractivity contribution in [3.8, 4) is 0 Å². The van der Waals surface area contributed by atoms with Crippen LogP contribution in [0.5, 0.6) is 0 Å². The van der Waals surface area contributed by atoms with Gasteiger partial charge in [-0.1, -0.05) is 12.8 Å². The van der Waals surface area contributed by atoms with E-state index >= 15 is 0 Å². The van der Waals surface area contributed by atoms with Crippen LogP contribution in [-0.2, 0) is 5.11 Å². The number of hydrogen-bond donors (Lipinski definition) is 0. The first kappa shape index (κ1) is 10.7. The van der Waals surface area contributed by atoms with Crippen LogP contribution in [0.4, 0.5) is 0 Å². The Labute approximate surface area is 91.2 Å². The maximum absolute atomic E-state index is 11.2. The molecule has 1 aliphatic carbocycles. The molecule has 0 spiro atoms. The normalized spacial score (nSPS) is 37.3. The fourth-order valence-electron chi connectivity index (χ4n) is 2.68. The molecule has 1 radical (unpaired) electrons. The summed E-state index contributed by atoms with van der Waals surface area (Å²) in [7, 11) is 0. The molecular formula is C11H19ClNO. The van der Waals surface area contributed by atoms with Crippen molar-refractivity contribution in [2.24, 2.45) is 0 Å². The Kier molecular flexibility index (Phi) is 3.69. The van der Waals surface area contributed by atoms with Crippen LogP contribution in [0, 0.1) is 0 Å². The first-order valence-electron chi connectivity index (χ1n) is 5.81. The molecule has 2 fully saturated rings. The lowest BCUT2D eigenvalue weighted by Crippen LogP contribution is -2.47. The second-order valence-corrected chi connectivity index (χ2v) is 5.16. The molecule has 0 aromatic rings. The molecule has 1 heterocycles. The highest BCUT2D eigenvalue weighted by Crippen LogP contribution is 2.29. The molecule has 2 nitrogen and oxygen atoms in total. The Morgan fingerprint density at radius 1 is 1.00 bits per heavy atom. The van der Waals surface area contributed by atoms with E-state index in [9.17, 15) is 5.11 Å². The van der Waals surface area contributed by atoms with Gasteiger partial charge in [-0.2, -0.15) is 0 Å². The Morgan fingerprint density at radius 2 is 1.64 bits per heavy atom. The molecule has 2 atom stereocenters. The van der Waals surface area contributed by atoms with E-state index in [1.165, 1.54) is 19.3 Å². The maximum Gasteiger partial charge on any atom is 0.0954 e. The standard InChI is InChI=1S/C11H19ClNO/c12-10-3-1-2-4-11(10)13-7-5-9(14)6-8-13/h9-11H,1-8H2. The predicted octanol–water partition coefficient (Wildman–Crippen LogP) is 2.43. The largest absolute Gasteiger partial charge is 0.299 e. The zero-order chi connectivity index (χ0) is 9.97. The second-order valence-electron chi connectivity index (χ2n) is 4.60. The Morgan fingerprint density at radius 3 is 2.29 bits per heavy atom. The summed E-state index contributed by atoms with van der Waals surface area (Å²) >= 11 is 6.33. The maximum atomic E-state index is 11.2. The van der Waals surface area contributed by atoms with Gasteiger partial charge in [0.05, 0.1) is 6.10 Å². The molecule has 0 aromatic carbocycles. The van der Waals surface area contributed by atoms with Crippen molar-refractivity contribution < 1.29 is 5.11 Å². The molecule has 0 N–H and O–H groups in total. The lowest BCUT2D eigenvalue weighted by atomic mass is 9.92. The summed E-state index contributed by atoms with van der Waals surface area (Å²) < 4.78 is 0. The van der Waals surface area contributed by atoms with Crippen LogP contribution in [0.25, 0.3) is 0 Å². The van der Waals surface area contributed by atoms with Crippen molar-refractivity contribution in [1.29, 1.82) is 0 Å². The van der Waals surface area contributed by atoms with E-state index in [2.05, 4.69) is 4.90 Å². The van der Waals surface area contributed by atoms with Crippen LogP contribution < -0.4 is 0 Å². The molecule has 14 heavy (non-hydrogen) atoms. The van der Waals surface area contributed by atoms with Gasteiger partial charge >= 0.3 is 0 Å². The van der Waals surface area contributed by atoms with E-state index < -0.39 is 0 Å². The number of hydrogen-bond acceptors (Lipinski definition) is 1. The minimum Gasteiger partial charge on any atom is -0.299 e. The fourth-order valence-corrected chi connectivity index (χ4v) is 3.12. The molecule has 1 aliphatic heterocycles. The summed E-state index contributed by atoms with van der Waals surface area (Å²) in [6, 6.07) is 0.554. The predicted molar refractivity (Wildman–Crippen MR) is 57.2 cm³/mol. The van der Waals surface area contributed by atoms with Gasteiger partial charge < -0.3 is 0 Å². The van der Waals surface area contributed by atoms with Crippen LogP contribution in [0.2, 0.25) is 0 Å². The highest BCUT2D eigenvalue weighted by molar-refractivity contribution is 6.21. The van der Waals surface area contributed by atoms with Crippen LogP contribution in [-0.4, -0.2) is 35.5 Å². The smallest absolute Gasteiger partial charge is 0.0954 e. The average Bonchev–Trinajstić information content (AvgIpc) is 2.20. The fraction of sp³-hybridized carbons (Fsp3) is 1.00. The molecule has 2 unspecified atom stereocenters. The van der Waals surface area contributed by atoms with Crippen LogP contribution in [0.3, 0.4) is 0 Å².